The fourth-order valence-electron chi connectivity index (χ4n) is 5.19. The van der Waals surface area contributed by atoms with Crippen LogP contribution in [-0.2, 0) is 4.79 Å². The number of carbonyl (C=O) groups excluding carboxylic acids is 3. The minimum atomic E-state index is -0.809. The van der Waals surface area contributed by atoms with Crippen molar-refractivity contribution in [2.24, 2.45) is 0 Å². The molecule has 0 radical (unpaired) electrons. The summed E-state index contributed by atoms with van der Waals surface area (Å²) in [5.41, 5.74) is 5.69. The quantitative estimate of drug-likeness (QED) is 0.635. The lowest BCUT2D eigenvalue weighted by atomic mass is 9.91. The normalized spacial score (nSPS) is 17.8. The molecule has 6 nitrogen and oxygen atoms in total. The van der Waals surface area contributed by atoms with E-state index in [1.54, 1.807) is 36.1 Å². The van der Waals surface area contributed by atoms with Crippen LogP contribution in [0.2, 0.25) is 0 Å². The molecule has 2 aliphatic rings. The fraction of sp³-hybridized carbons (Fsp3) is 0.346. The van der Waals surface area contributed by atoms with Crippen molar-refractivity contribution in [3.05, 3.63) is 70.4 Å². The number of amides is 3. The molecule has 0 saturated carbocycles. The molecule has 32 heavy (non-hydrogen) atoms. The van der Waals surface area contributed by atoms with Crippen molar-refractivity contribution in [3.63, 3.8) is 0 Å². The second kappa shape index (κ2) is 7.62. The highest BCUT2D eigenvalue weighted by Crippen LogP contribution is 2.34. The second-order valence-corrected chi connectivity index (χ2v) is 9.01. The highest BCUT2D eigenvalue weighted by molar-refractivity contribution is 6.22. The summed E-state index contributed by atoms with van der Waals surface area (Å²) in [6.07, 6.45) is 1.71. The van der Waals surface area contributed by atoms with Crippen LogP contribution < -0.4 is 0 Å². The predicted molar refractivity (Wildman–Crippen MR) is 123 cm³/mol. The molecule has 2 aliphatic heterocycles. The highest BCUT2D eigenvalue weighted by atomic mass is 16.2. The van der Waals surface area contributed by atoms with E-state index in [0.29, 0.717) is 30.1 Å². The molecule has 3 amide bonds. The third kappa shape index (κ3) is 3.13. The molecule has 3 aromatic rings. The molecule has 6 heteroatoms. The van der Waals surface area contributed by atoms with E-state index in [1.807, 2.05) is 0 Å². The van der Waals surface area contributed by atoms with Gasteiger partial charge in [-0.05, 0) is 63.4 Å². The number of nitrogens with one attached hydrogen (secondary N) is 1. The average Bonchev–Trinajstić information content (AvgIpc) is 3.27. The Balaban J connectivity index is 1.29. The van der Waals surface area contributed by atoms with E-state index in [2.05, 4.69) is 37.0 Å². The van der Waals surface area contributed by atoms with Gasteiger partial charge >= 0.3 is 0 Å². The highest BCUT2D eigenvalue weighted by Gasteiger charge is 2.42. The molecular formula is C26H27N3O3. The Bertz CT molecular complexity index is 1220. The summed E-state index contributed by atoms with van der Waals surface area (Å²) in [5, 5.41) is 1.26. The smallest absolute Gasteiger partial charge is 0.262 e. The van der Waals surface area contributed by atoms with Crippen molar-refractivity contribution in [3.8, 4) is 0 Å². The summed E-state index contributed by atoms with van der Waals surface area (Å²) in [6.45, 7) is 7.15. The van der Waals surface area contributed by atoms with E-state index >= 15 is 0 Å². The molecule has 1 saturated heterocycles. The van der Waals surface area contributed by atoms with Crippen molar-refractivity contribution in [1.82, 2.24) is 14.8 Å². The SMILES string of the molecule is Cc1ccc2[nH]c(C3CCN(C(=O)C(C)N4C(=O)c5ccccc5C4=O)CC3)c(C)c2c1. The molecule has 2 aromatic carbocycles. The van der Waals surface area contributed by atoms with Gasteiger partial charge in [0.25, 0.3) is 11.8 Å². The number of aromatic amines is 1. The first kappa shape index (κ1) is 20.5. The first-order valence-electron chi connectivity index (χ1n) is 11.2. The zero-order chi connectivity index (χ0) is 22.6. The first-order chi connectivity index (χ1) is 15.4. The minimum absolute atomic E-state index is 0.165. The van der Waals surface area contributed by atoms with Crippen LogP contribution in [0.25, 0.3) is 10.9 Å². The summed E-state index contributed by atoms with van der Waals surface area (Å²) >= 11 is 0. The molecule has 0 aliphatic carbocycles. The number of aryl methyl sites for hydroxylation is 2. The Morgan fingerprint density at radius 1 is 1.00 bits per heavy atom. The van der Waals surface area contributed by atoms with Gasteiger partial charge in [0.2, 0.25) is 5.91 Å². The van der Waals surface area contributed by atoms with Crippen LogP contribution in [-0.4, -0.2) is 51.6 Å². The number of H-pyrrole nitrogens is 1. The van der Waals surface area contributed by atoms with Gasteiger partial charge in [-0.3, -0.25) is 19.3 Å². The predicted octanol–water partition coefficient (Wildman–Crippen LogP) is 4.18. The number of carbonyl (C=O) groups is 3. The van der Waals surface area contributed by atoms with Crippen molar-refractivity contribution >= 4 is 28.6 Å². The maximum atomic E-state index is 13.2. The molecule has 1 N–H and O–H groups in total. The zero-order valence-corrected chi connectivity index (χ0v) is 18.6. The molecule has 0 bridgehead atoms. The van der Waals surface area contributed by atoms with Gasteiger partial charge in [-0.2, -0.15) is 0 Å². The number of imide groups is 1. The van der Waals surface area contributed by atoms with Crippen LogP contribution in [0.3, 0.4) is 0 Å². The van der Waals surface area contributed by atoms with Crippen LogP contribution in [0, 0.1) is 13.8 Å². The van der Waals surface area contributed by atoms with E-state index in [1.165, 1.54) is 22.2 Å². The number of hydrogen-bond donors (Lipinski definition) is 1. The Hall–Kier alpha value is -3.41. The third-order valence-corrected chi connectivity index (χ3v) is 7.04. The number of nitrogens with zero attached hydrogens (tertiary/aromatic N) is 2. The molecule has 0 spiro atoms. The summed E-state index contributed by atoms with van der Waals surface area (Å²) in [4.78, 5) is 45.2. The van der Waals surface area contributed by atoms with Gasteiger partial charge in [0, 0.05) is 35.6 Å². The molecule has 164 valence electrons. The van der Waals surface area contributed by atoms with Crippen LogP contribution in [0.5, 0.6) is 0 Å². The molecule has 1 aromatic heterocycles. The lowest BCUT2D eigenvalue weighted by Crippen LogP contribution is -2.51. The molecule has 1 unspecified atom stereocenters. The van der Waals surface area contributed by atoms with E-state index < -0.39 is 6.04 Å². The first-order valence-corrected chi connectivity index (χ1v) is 11.2. The average molecular weight is 430 g/mol. The summed E-state index contributed by atoms with van der Waals surface area (Å²) in [5.74, 6) is -0.570. The van der Waals surface area contributed by atoms with Gasteiger partial charge in [-0.15, -0.1) is 0 Å². The summed E-state index contributed by atoms with van der Waals surface area (Å²) in [7, 11) is 0. The number of piperidine rings is 1. The minimum Gasteiger partial charge on any atom is -0.358 e. The van der Waals surface area contributed by atoms with Gasteiger partial charge in [0.1, 0.15) is 6.04 Å². The van der Waals surface area contributed by atoms with Crippen LogP contribution >= 0.6 is 0 Å². The number of aromatic nitrogens is 1. The van der Waals surface area contributed by atoms with Crippen LogP contribution in [0.15, 0.2) is 42.5 Å². The lowest BCUT2D eigenvalue weighted by molar-refractivity contribution is -0.136. The Kier molecular flexibility index (Phi) is 4.88. The summed E-state index contributed by atoms with van der Waals surface area (Å²) in [6, 6.07) is 12.4. The number of fused-ring (bicyclic) bond motifs is 2. The monoisotopic (exact) mass is 429 g/mol. The van der Waals surface area contributed by atoms with Gasteiger partial charge in [0.15, 0.2) is 0 Å². The van der Waals surface area contributed by atoms with Crippen molar-refractivity contribution in [2.45, 2.75) is 45.6 Å². The largest absolute Gasteiger partial charge is 0.358 e. The number of benzene rings is 2. The molecule has 1 atom stereocenters. The molecular weight excluding hydrogens is 402 g/mol. The number of rotatable bonds is 3. The second-order valence-electron chi connectivity index (χ2n) is 9.01. The third-order valence-electron chi connectivity index (χ3n) is 7.04. The van der Waals surface area contributed by atoms with E-state index in [-0.39, 0.29) is 17.7 Å². The van der Waals surface area contributed by atoms with Crippen LogP contribution in [0.1, 0.15) is 63.2 Å². The van der Waals surface area contributed by atoms with Gasteiger partial charge in [-0.25, -0.2) is 0 Å². The number of likely N-dealkylation sites (tertiary alicyclic amines) is 1. The zero-order valence-electron chi connectivity index (χ0n) is 18.6. The van der Waals surface area contributed by atoms with Crippen molar-refractivity contribution in [1.29, 1.82) is 0 Å². The molecule has 5 rings (SSSR count). The number of hydrogen-bond acceptors (Lipinski definition) is 3. The van der Waals surface area contributed by atoms with E-state index in [4.69, 9.17) is 0 Å². The fourth-order valence-corrected chi connectivity index (χ4v) is 5.19. The van der Waals surface area contributed by atoms with Gasteiger partial charge in [0.05, 0.1) is 11.1 Å². The summed E-state index contributed by atoms with van der Waals surface area (Å²) < 4.78 is 0. The standard InChI is InChI=1S/C26H27N3O3/c1-15-8-9-22-21(14-15)16(2)23(27-22)18-10-12-28(13-11-18)24(30)17(3)29-25(31)19-6-4-5-7-20(19)26(29)32/h4-9,14,17-18,27H,10-13H2,1-3H3. The van der Waals surface area contributed by atoms with Crippen LogP contribution in [0.4, 0.5) is 0 Å². The van der Waals surface area contributed by atoms with Crippen molar-refractivity contribution < 1.29 is 14.4 Å². The maximum absolute atomic E-state index is 13.2. The topological polar surface area (TPSA) is 73.5 Å². The van der Waals surface area contributed by atoms with Crippen molar-refractivity contribution in [2.75, 3.05) is 13.1 Å². The molecule has 1 fully saturated rings. The Morgan fingerprint density at radius 3 is 2.25 bits per heavy atom. The Labute approximate surface area is 187 Å². The lowest BCUT2D eigenvalue weighted by Gasteiger charge is -2.35. The van der Waals surface area contributed by atoms with Gasteiger partial charge in [-0.1, -0.05) is 23.8 Å². The maximum Gasteiger partial charge on any atom is 0.262 e. The Morgan fingerprint density at radius 2 is 1.62 bits per heavy atom. The van der Waals surface area contributed by atoms with E-state index in [9.17, 15) is 14.4 Å². The molecule has 3 heterocycles. The van der Waals surface area contributed by atoms with E-state index in [0.717, 1.165) is 23.3 Å². The van der Waals surface area contributed by atoms with Gasteiger partial charge < -0.3 is 9.88 Å².